The van der Waals surface area contributed by atoms with Crippen molar-refractivity contribution in [3.05, 3.63) is 32.9 Å². The fraction of sp³-hybridized carbons (Fsp3) is 0.417. The van der Waals surface area contributed by atoms with Gasteiger partial charge in [0.2, 0.25) is 10.0 Å². The highest BCUT2D eigenvalue weighted by atomic mass is 32.2. The molecule has 0 atom stereocenters. The van der Waals surface area contributed by atoms with Crippen LogP contribution in [0.4, 0.5) is 0 Å². The van der Waals surface area contributed by atoms with Crippen LogP contribution in [-0.4, -0.2) is 19.9 Å². The molecule has 0 radical (unpaired) electrons. The highest BCUT2D eigenvalue weighted by Crippen LogP contribution is 2.22. The first kappa shape index (κ1) is 15.6. The topological polar surface area (TPSA) is 71.1 Å². The minimum Gasteiger partial charge on any atom is -0.312 e. The summed E-state index contributed by atoms with van der Waals surface area (Å²) in [5.41, 5.74) is 1.69. The quantitative estimate of drug-likeness (QED) is 0.727. The molecule has 0 aliphatic heterocycles. The standard InChI is InChI=1S/C12H17N3O2S3/c1-2-4-13-8-11-12(3-5-18-11)20(16,17)15-7-10-6-14-9-19-10/h3,5-6,9,13,15H,2,4,7-8H2,1H3. The maximum absolute atomic E-state index is 12.3. The Morgan fingerprint density at radius 2 is 2.15 bits per heavy atom. The van der Waals surface area contributed by atoms with Crippen molar-refractivity contribution in [1.29, 1.82) is 0 Å². The summed E-state index contributed by atoms with van der Waals surface area (Å²) in [4.78, 5) is 6.04. The zero-order chi connectivity index (χ0) is 14.4. The molecular formula is C12H17N3O2S3. The van der Waals surface area contributed by atoms with Crippen molar-refractivity contribution in [2.45, 2.75) is 31.3 Å². The van der Waals surface area contributed by atoms with Gasteiger partial charge in [-0.05, 0) is 24.4 Å². The van der Waals surface area contributed by atoms with E-state index in [0.717, 1.165) is 22.7 Å². The van der Waals surface area contributed by atoms with Crippen LogP contribution in [-0.2, 0) is 23.1 Å². The van der Waals surface area contributed by atoms with Gasteiger partial charge in [0.05, 0.1) is 10.4 Å². The van der Waals surface area contributed by atoms with Gasteiger partial charge in [0.15, 0.2) is 0 Å². The molecule has 8 heteroatoms. The normalized spacial score (nSPS) is 11.8. The molecule has 0 aromatic carbocycles. The first-order valence-electron chi connectivity index (χ1n) is 6.27. The second kappa shape index (κ2) is 7.28. The van der Waals surface area contributed by atoms with E-state index in [-0.39, 0.29) is 6.54 Å². The third kappa shape index (κ3) is 4.10. The molecule has 0 aliphatic carbocycles. The summed E-state index contributed by atoms with van der Waals surface area (Å²) in [6, 6.07) is 1.66. The Hall–Kier alpha value is -0.800. The minimum absolute atomic E-state index is 0.282. The van der Waals surface area contributed by atoms with Gasteiger partial charge in [-0.1, -0.05) is 6.92 Å². The van der Waals surface area contributed by atoms with Crippen molar-refractivity contribution >= 4 is 32.7 Å². The number of aromatic nitrogens is 1. The molecule has 2 rings (SSSR count). The van der Waals surface area contributed by atoms with E-state index in [4.69, 9.17) is 0 Å². The molecule has 2 aromatic rings. The summed E-state index contributed by atoms with van der Waals surface area (Å²) in [5, 5.41) is 5.04. The van der Waals surface area contributed by atoms with Gasteiger partial charge in [-0.15, -0.1) is 22.7 Å². The largest absolute Gasteiger partial charge is 0.312 e. The lowest BCUT2D eigenvalue weighted by molar-refractivity contribution is 0.579. The Labute approximate surface area is 127 Å². The van der Waals surface area contributed by atoms with Gasteiger partial charge >= 0.3 is 0 Å². The monoisotopic (exact) mass is 331 g/mol. The zero-order valence-corrected chi connectivity index (χ0v) is 13.6. The number of thiazole rings is 1. The molecule has 20 heavy (non-hydrogen) atoms. The molecule has 0 fully saturated rings. The molecule has 5 nitrogen and oxygen atoms in total. The van der Waals surface area contributed by atoms with Gasteiger partial charge in [-0.2, -0.15) is 0 Å². The molecule has 2 aromatic heterocycles. The third-order valence-electron chi connectivity index (χ3n) is 2.63. The fourth-order valence-electron chi connectivity index (χ4n) is 1.65. The van der Waals surface area contributed by atoms with Crippen LogP contribution >= 0.6 is 22.7 Å². The number of sulfonamides is 1. The van der Waals surface area contributed by atoms with Crippen molar-refractivity contribution in [3.8, 4) is 0 Å². The van der Waals surface area contributed by atoms with Crippen LogP contribution in [0.2, 0.25) is 0 Å². The van der Waals surface area contributed by atoms with Crippen molar-refractivity contribution in [2.75, 3.05) is 6.54 Å². The predicted molar refractivity (Wildman–Crippen MR) is 82.5 cm³/mol. The zero-order valence-electron chi connectivity index (χ0n) is 11.1. The summed E-state index contributed by atoms with van der Waals surface area (Å²) >= 11 is 2.89. The second-order valence-corrected chi connectivity index (χ2v) is 7.88. The molecule has 0 amide bonds. The Kier molecular flexibility index (Phi) is 5.67. The summed E-state index contributed by atoms with van der Waals surface area (Å²) in [5.74, 6) is 0. The Morgan fingerprint density at radius 3 is 2.85 bits per heavy atom. The average Bonchev–Trinajstić information content (AvgIpc) is 3.08. The number of nitrogens with one attached hydrogen (secondary N) is 2. The highest BCUT2D eigenvalue weighted by Gasteiger charge is 2.19. The van der Waals surface area contributed by atoms with Crippen LogP contribution < -0.4 is 10.0 Å². The van der Waals surface area contributed by atoms with Gasteiger partial charge in [0.25, 0.3) is 0 Å². The van der Waals surface area contributed by atoms with E-state index in [1.54, 1.807) is 17.8 Å². The van der Waals surface area contributed by atoms with E-state index in [9.17, 15) is 8.42 Å². The van der Waals surface area contributed by atoms with E-state index in [2.05, 4.69) is 21.9 Å². The molecule has 2 heterocycles. The maximum Gasteiger partial charge on any atom is 0.242 e. The van der Waals surface area contributed by atoms with Crippen molar-refractivity contribution in [1.82, 2.24) is 15.0 Å². The van der Waals surface area contributed by atoms with E-state index in [1.165, 1.54) is 22.7 Å². The van der Waals surface area contributed by atoms with Crippen molar-refractivity contribution < 1.29 is 8.42 Å². The van der Waals surface area contributed by atoms with Gasteiger partial charge in [-0.3, -0.25) is 4.98 Å². The molecule has 110 valence electrons. The van der Waals surface area contributed by atoms with Crippen molar-refractivity contribution in [2.24, 2.45) is 0 Å². The average molecular weight is 331 g/mol. The van der Waals surface area contributed by atoms with Crippen molar-refractivity contribution in [3.63, 3.8) is 0 Å². The smallest absolute Gasteiger partial charge is 0.242 e. The van der Waals surface area contributed by atoms with Crippen LogP contribution in [0.1, 0.15) is 23.1 Å². The Balaban J connectivity index is 2.03. The van der Waals surface area contributed by atoms with E-state index < -0.39 is 10.0 Å². The number of nitrogens with zero attached hydrogens (tertiary/aromatic N) is 1. The Morgan fingerprint density at radius 1 is 1.30 bits per heavy atom. The maximum atomic E-state index is 12.3. The second-order valence-electron chi connectivity index (χ2n) is 4.18. The van der Waals surface area contributed by atoms with Gasteiger partial charge in [0.1, 0.15) is 0 Å². The molecule has 0 aliphatic rings. The first-order valence-corrected chi connectivity index (χ1v) is 9.52. The lowest BCUT2D eigenvalue weighted by Gasteiger charge is -2.07. The number of thiophene rings is 1. The Bertz CT molecular complexity index is 620. The summed E-state index contributed by atoms with van der Waals surface area (Å²) in [6.07, 6.45) is 2.70. The lowest BCUT2D eigenvalue weighted by Crippen LogP contribution is -2.24. The number of rotatable bonds is 8. The predicted octanol–water partition coefficient (Wildman–Crippen LogP) is 2.18. The minimum atomic E-state index is -3.46. The van der Waals surface area contributed by atoms with E-state index >= 15 is 0 Å². The SMILES string of the molecule is CCCNCc1sccc1S(=O)(=O)NCc1cncs1. The van der Waals surface area contributed by atoms with Crippen LogP contribution in [0.15, 0.2) is 28.0 Å². The number of hydrogen-bond acceptors (Lipinski definition) is 6. The molecule has 0 saturated carbocycles. The summed E-state index contributed by atoms with van der Waals surface area (Å²) in [7, 11) is -3.46. The molecular weight excluding hydrogens is 314 g/mol. The first-order chi connectivity index (χ1) is 9.63. The van der Waals surface area contributed by atoms with Crippen LogP contribution in [0.3, 0.4) is 0 Å². The fourth-order valence-corrected chi connectivity index (χ4v) is 4.69. The number of hydrogen-bond donors (Lipinski definition) is 2. The van der Waals surface area contributed by atoms with Gasteiger partial charge in [-0.25, -0.2) is 13.1 Å². The summed E-state index contributed by atoms with van der Waals surface area (Å²) in [6.45, 7) is 3.83. The summed E-state index contributed by atoms with van der Waals surface area (Å²) < 4.78 is 27.2. The molecule has 0 saturated heterocycles. The van der Waals surface area contributed by atoms with Gasteiger partial charge in [0, 0.05) is 29.0 Å². The van der Waals surface area contributed by atoms with E-state index in [0.29, 0.717) is 11.4 Å². The molecule has 0 bridgehead atoms. The molecule has 0 spiro atoms. The molecule has 0 unspecified atom stereocenters. The van der Waals surface area contributed by atoms with Gasteiger partial charge < -0.3 is 5.32 Å². The molecule has 2 N–H and O–H groups in total. The van der Waals surface area contributed by atoms with E-state index in [1.807, 2.05) is 5.38 Å². The lowest BCUT2D eigenvalue weighted by atomic mass is 10.4. The highest BCUT2D eigenvalue weighted by molar-refractivity contribution is 7.89. The third-order valence-corrected chi connectivity index (χ3v) is 5.94. The van der Waals surface area contributed by atoms with Crippen LogP contribution in [0, 0.1) is 0 Å². The van der Waals surface area contributed by atoms with Crippen LogP contribution in [0.5, 0.6) is 0 Å². The van der Waals surface area contributed by atoms with Crippen LogP contribution in [0.25, 0.3) is 0 Å².